The highest BCUT2D eigenvalue weighted by Crippen LogP contribution is 2.55. The Labute approximate surface area is 195 Å². The Morgan fingerprint density at radius 1 is 1.15 bits per heavy atom. The molecule has 0 bridgehead atoms. The van der Waals surface area contributed by atoms with Gasteiger partial charge in [0.25, 0.3) is 0 Å². The number of rotatable bonds is 5. The predicted octanol–water partition coefficient (Wildman–Crippen LogP) is 4.37. The molecule has 2 aliphatic rings. The smallest absolute Gasteiger partial charge is 0.189 e. The van der Waals surface area contributed by atoms with Crippen LogP contribution in [0.4, 0.5) is 8.78 Å². The number of halogens is 3. The molecule has 0 N–H and O–H groups in total. The number of imidazole rings is 1. The van der Waals surface area contributed by atoms with Crippen LogP contribution in [0.25, 0.3) is 0 Å². The predicted molar refractivity (Wildman–Crippen MR) is 117 cm³/mol. The van der Waals surface area contributed by atoms with Gasteiger partial charge in [0.15, 0.2) is 21.4 Å². The first kappa shape index (κ1) is 22.3. The number of hydrogen-bond donors (Lipinski definition) is 0. The standard InChI is InChI=1S/C23H21ClF2N2O4S/c24-15-1-3-16(4-2-15)33(29,30)23-8-12-31-20(7-10-28-11-9-27-14-28)17(23)13-32-22-19(26)6-5-18(25)21(22)23/h1-6,9,11,14,17,20H,7-8,10,12-13H2. The van der Waals surface area contributed by atoms with Crippen molar-refractivity contribution in [2.75, 3.05) is 13.2 Å². The molecule has 33 heavy (non-hydrogen) atoms. The first-order valence-electron chi connectivity index (χ1n) is 10.5. The van der Waals surface area contributed by atoms with Gasteiger partial charge in [-0.2, -0.15) is 0 Å². The van der Waals surface area contributed by atoms with E-state index in [0.717, 1.165) is 12.1 Å². The molecule has 2 aliphatic heterocycles. The van der Waals surface area contributed by atoms with Gasteiger partial charge in [0.05, 0.1) is 29.5 Å². The minimum atomic E-state index is -4.20. The van der Waals surface area contributed by atoms with E-state index < -0.39 is 38.2 Å². The zero-order valence-electron chi connectivity index (χ0n) is 17.5. The third kappa shape index (κ3) is 3.53. The molecule has 5 rings (SSSR count). The van der Waals surface area contributed by atoms with Gasteiger partial charge in [0.1, 0.15) is 10.6 Å². The molecular formula is C23H21ClF2N2O4S. The Morgan fingerprint density at radius 3 is 2.64 bits per heavy atom. The van der Waals surface area contributed by atoms with E-state index in [1.54, 1.807) is 18.7 Å². The highest BCUT2D eigenvalue weighted by Gasteiger charge is 2.61. The van der Waals surface area contributed by atoms with Crippen molar-refractivity contribution in [3.63, 3.8) is 0 Å². The lowest BCUT2D eigenvalue weighted by Crippen LogP contribution is -2.57. The van der Waals surface area contributed by atoms with Crippen molar-refractivity contribution in [2.45, 2.75) is 35.1 Å². The minimum absolute atomic E-state index is 0.0105. The molecule has 2 aromatic carbocycles. The van der Waals surface area contributed by atoms with Crippen molar-refractivity contribution in [1.29, 1.82) is 0 Å². The summed E-state index contributed by atoms with van der Waals surface area (Å²) in [6, 6.07) is 7.63. The normalized spacial score (nSPS) is 24.6. The summed E-state index contributed by atoms with van der Waals surface area (Å²) in [6.07, 6.45) is 4.97. The molecule has 0 saturated carbocycles. The average Bonchev–Trinajstić information content (AvgIpc) is 3.33. The van der Waals surface area contributed by atoms with Gasteiger partial charge in [0.2, 0.25) is 0 Å². The highest BCUT2D eigenvalue weighted by molar-refractivity contribution is 7.92. The van der Waals surface area contributed by atoms with Gasteiger partial charge in [-0.15, -0.1) is 0 Å². The summed E-state index contributed by atoms with van der Waals surface area (Å²) in [6.45, 7) is 0.485. The van der Waals surface area contributed by atoms with E-state index in [4.69, 9.17) is 21.1 Å². The SMILES string of the molecule is O=S(=O)(c1ccc(Cl)cc1)C12CCOC(CCn3ccnc3)C1COc1c(F)ccc(F)c12. The van der Waals surface area contributed by atoms with Crippen molar-refractivity contribution >= 4 is 21.4 Å². The van der Waals surface area contributed by atoms with Crippen molar-refractivity contribution in [2.24, 2.45) is 5.92 Å². The Morgan fingerprint density at radius 2 is 1.91 bits per heavy atom. The number of aromatic nitrogens is 2. The highest BCUT2D eigenvalue weighted by atomic mass is 35.5. The lowest BCUT2D eigenvalue weighted by molar-refractivity contribution is -0.0773. The Hall–Kier alpha value is -2.49. The molecule has 0 amide bonds. The van der Waals surface area contributed by atoms with Gasteiger partial charge in [0, 0.05) is 36.5 Å². The second-order valence-corrected chi connectivity index (χ2v) is 10.9. The number of nitrogens with zero attached hydrogens (tertiary/aromatic N) is 2. The van der Waals surface area contributed by atoms with E-state index in [9.17, 15) is 12.8 Å². The summed E-state index contributed by atoms with van der Waals surface area (Å²) in [5.74, 6) is -2.71. The van der Waals surface area contributed by atoms with Crippen LogP contribution in [0.5, 0.6) is 5.75 Å². The van der Waals surface area contributed by atoms with E-state index in [1.165, 1.54) is 24.3 Å². The fraction of sp³-hybridized carbons (Fsp3) is 0.348. The second kappa shape index (κ2) is 8.38. The summed E-state index contributed by atoms with van der Waals surface area (Å²) in [5.41, 5.74) is -0.260. The monoisotopic (exact) mass is 494 g/mol. The van der Waals surface area contributed by atoms with E-state index in [1.807, 2.05) is 4.57 Å². The lowest BCUT2D eigenvalue weighted by atomic mass is 9.75. The Balaban J connectivity index is 1.67. The van der Waals surface area contributed by atoms with Crippen LogP contribution in [0, 0.1) is 17.6 Å². The van der Waals surface area contributed by atoms with Gasteiger partial charge >= 0.3 is 0 Å². The summed E-state index contributed by atoms with van der Waals surface area (Å²) in [7, 11) is -4.20. The van der Waals surface area contributed by atoms with Crippen molar-refractivity contribution < 1.29 is 26.7 Å². The summed E-state index contributed by atoms with van der Waals surface area (Å²) in [5, 5.41) is 0.373. The number of ether oxygens (including phenoxy) is 2. The van der Waals surface area contributed by atoms with Crippen LogP contribution in [0.3, 0.4) is 0 Å². The first-order valence-corrected chi connectivity index (χ1v) is 12.4. The van der Waals surface area contributed by atoms with Gasteiger partial charge in [-0.05, 0) is 49.2 Å². The zero-order valence-corrected chi connectivity index (χ0v) is 19.0. The molecular weight excluding hydrogens is 474 g/mol. The Kier molecular flexibility index (Phi) is 5.66. The maximum atomic E-state index is 15.3. The average molecular weight is 495 g/mol. The molecule has 1 fully saturated rings. The molecule has 3 heterocycles. The second-order valence-electron chi connectivity index (χ2n) is 8.25. The topological polar surface area (TPSA) is 70.4 Å². The number of aryl methyl sites for hydroxylation is 1. The lowest BCUT2D eigenvalue weighted by Gasteiger charge is -2.50. The van der Waals surface area contributed by atoms with Gasteiger partial charge < -0.3 is 14.0 Å². The van der Waals surface area contributed by atoms with Crippen LogP contribution in [0.15, 0.2) is 60.0 Å². The van der Waals surface area contributed by atoms with Gasteiger partial charge in [-0.3, -0.25) is 0 Å². The zero-order chi connectivity index (χ0) is 23.2. The number of fused-ring (bicyclic) bond motifs is 3. The molecule has 0 spiro atoms. The fourth-order valence-corrected chi connectivity index (χ4v) is 7.50. The van der Waals surface area contributed by atoms with Gasteiger partial charge in [-0.25, -0.2) is 22.2 Å². The largest absolute Gasteiger partial charge is 0.490 e. The molecule has 10 heteroatoms. The summed E-state index contributed by atoms with van der Waals surface area (Å²) < 4.78 is 70.2. The van der Waals surface area contributed by atoms with E-state index >= 15 is 4.39 Å². The van der Waals surface area contributed by atoms with Crippen LogP contribution in [0.2, 0.25) is 5.02 Å². The third-order valence-corrected chi connectivity index (χ3v) is 9.39. The van der Waals surface area contributed by atoms with E-state index in [-0.39, 0.29) is 35.8 Å². The number of benzene rings is 2. The summed E-state index contributed by atoms with van der Waals surface area (Å²) >= 11 is 5.97. The number of hydrogen-bond acceptors (Lipinski definition) is 5. The van der Waals surface area contributed by atoms with Crippen LogP contribution in [-0.2, 0) is 25.9 Å². The molecule has 3 unspecified atom stereocenters. The first-order chi connectivity index (χ1) is 15.8. The molecule has 0 radical (unpaired) electrons. The van der Waals surface area contributed by atoms with Crippen LogP contribution >= 0.6 is 11.6 Å². The molecule has 1 aromatic heterocycles. The van der Waals surface area contributed by atoms with Crippen molar-refractivity contribution in [3.05, 3.63) is 77.3 Å². The van der Waals surface area contributed by atoms with Crippen molar-refractivity contribution in [1.82, 2.24) is 9.55 Å². The fourth-order valence-electron chi connectivity index (χ4n) is 5.03. The third-order valence-electron chi connectivity index (χ3n) is 6.58. The molecule has 3 atom stereocenters. The number of sulfone groups is 1. The van der Waals surface area contributed by atoms with Crippen molar-refractivity contribution in [3.8, 4) is 5.75 Å². The quantitative estimate of drug-likeness (QED) is 0.526. The maximum absolute atomic E-state index is 15.3. The van der Waals surface area contributed by atoms with Crippen LogP contribution in [0.1, 0.15) is 18.4 Å². The Bertz CT molecular complexity index is 1270. The van der Waals surface area contributed by atoms with E-state index in [0.29, 0.717) is 18.0 Å². The van der Waals surface area contributed by atoms with E-state index in [2.05, 4.69) is 4.98 Å². The maximum Gasteiger partial charge on any atom is 0.189 e. The minimum Gasteiger partial charge on any atom is -0.490 e. The molecule has 3 aromatic rings. The summed E-state index contributed by atoms with van der Waals surface area (Å²) in [4.78, 5) is 4.01. The molecule has 174 valence electrons. The van der Waals surface area contributed by atoms with Crippen LogP contribution < -0.4 is 4.74 Å². The molecule has 6 nitrogen and oxygen atoms in total. The molecule has 0 aliphatic carbocycles. The molecule has 1 saturated heterocycles. The van der Waals surface area contributed by atoms with Gasteiger partial charge in [-0.1, -0.05) is 11.6 Å². The van der Waals surface area contributed by atoms with Crippen LogP contribution in [-0.4, -0.2) is 37.3 Å².